The first kappa shape index (κ1) is 23.2. The second-order valence-corrected chi connectivity index (χ2v) is 9.36. The van der Waals surface area contributed by atoms with E-state index in [0.29, 0.717) is 39.0 Å². The Hall–Kier alpha value is -2.99. The Balaban J connectivity index is 1.51. The minimum absolute atomic E-state index is 0.0144. The fourth-order valence-corrected chi connectivity index (χ4v) is 5.25. The molecular formula is C25H27N3O4S. The average molecular weight is 466 g/mol. The highest BCUT2D eigenvalue weighted by molar-refractivity contribution is 7.16. The molecule has 0 radical (unpaired) electrons. The average Bonchev–Trinajstić information content (AvgIpc) is 3.15. The highest BCUT2D eigenvalue weighted by Gasteiger charge is 2.32. The molecule has 1 aliphatic heterocycles. The maximum atomic E-state index is 12.3. The second-order valence-electron chi connectivity index (χ2n) is 8.36. The molecule has 0 aliphatic carbocycles. The number of benzene rings is 2. The number of amides is 1. The summed E-state index contributed by atoms with van der Waals surface area (Å²) in [7, 11) is 1.62. The molecule has 7 nitrogen and oxygen atoms in total. The monoisotopic (exact) mass is 465 g/mol. The van der Waals surface area contributed by atoms with Crippen LogP contribution in [0, 0.1) is 23.2 Å². The lowest BCUT2D eigenvalue weighted by Gasteiger charge is -2.30. The van der Waals surface area contributed by atoms with Crippen molar-refractivity contribution in [1.82, 2.24) is 4.57 Å². The maximum Gasteiger partial charge on any atom is 0.308 e. The molecule has 2 aromatic carbocycles. The molecule has 8 heteroatoms. The van der Waals surface area contributed by atoms with Crippen molar-refractivity contribution in [3.63, 3.8) is 0 Å². The standard InChI is InChI=1S/C25H27N3O4S/c1-31-11-9-28-21-13-18(6-7-23(21)33-25(28)30)17-4-2-16(3-5-17)12-20(15-26)22-14-19(24(27)29)8-10-32-22/h2-7,13,19-20,22H,8-12,14H2,1H3,(H2,27,29). The molecule has 1 saturated heterocycles. The molecule has 4 rings (SSSR count). The first-order valence-corrected chi connectivity index (χ1v) is 11.8. The predicted molar refractivity (Wildman–Crippen MR) is 128 cm³/mol. The van der Waals surface area contributed by atoms with Gasteiger partial charge in [-0.3, -0.25) is 14.2 Å². The van der Waals surface area contributed by atoms with Crippen molar-refractivity contribution in [3.8, 4) is 17.2 Å². The Morgan fingerprint density at radius 1 is 1.30 bits per heavy atom. The van der Waals surface area contributed by atoms with E-state index in [1.54, 1.807) is 11.7 Å². The van der Waals surface area contributed by atoms with Crippen molar-refractivity contribution in [1.29, 1.82) is 5.26 Å². The summed E-state index contributed by atoms with van der Waals surface area (Å²) in [5.74, 6) is -0.884. The van der Waals surface area contributed by atoms with Gasteiger partial charge in [-0.2, -0.15) is 5.26 Å². The van der Waals surface area contributed by atoms with E-state index in [1.165, 1.54) is 11.3 Å². The number of methoxy groups -OCH3 is 1. The Bertz CT molecular complexity index is 1230. The molecule has 33 heavy (non-hydrogen) atoms. The fourth-order valence-electron chi connectivity index (χ4n) is 4.35. The van der Waals surface area contributed by atoms with Gasteiger partial charge in [0.25, 0.3) is 0 Å². The minimum atomic E-state index is -0.338. The van der Waals surface area contributed by atoms with E-state index < -0.39 is 0 Å². The third-order valence-electron chi connectivity index (χ3n) is 6.26. The number of nitriles is 1. The van der Waals surface area contributed by atoms with E-state index in [1.807, 2.05) is 42.5 Å². The molecule has 2 N–H and O–H groups in total. The first-order chi connectivity index (χ1) is 16.0. The summed E-state index contributed by atoms with van der Waals surface area (Å²) in [6, 6.07) is 16.5. The van der Waals surface area contributed by atoms with Crippen LogP contribution in [0.4, 0.5) is 0 Å². The number of fused-ring (bicyclic) bond motifs is 1. The van der Waals surface area contributed by atoms with Gasteiger partial charge in [0, 0.05) is 19.6 Å². The maximum absolute atomic E-state index is 12.3. The molecule has 3 atom stereocenters. The van der Waals surface area contributed by atoms with Crippen molar-refractivity contribution in [2.45, 2.75) is 31.9 Å². The summed E-state index contributed by atoms with van der Waals surface area (Å²) in [4.78, 5) is 23.9. The first-order valence-electron chi connectivity index (χ1n) is 11.0. The van der Waals surface area contributed by atoms with Crippen LogP contribution in [-0.4, -0.2) is 36.9 Å². The normalized spacial score (nSPS) is 19.3. The summed E-state index contributed by atoms with van der Waals surface area (Å²) < 4.78 is 13.6. The molecular weight excluding hydrogens is 438 g/mol. The Labute approximate surface area is 196 Å². The Kier molecular flexibility index (Phi) is 7.23. The van der Waals surface area contributed by atoms with Crippen LogP contribution >= 0.6 is 11.3 Å². The van der Waals surface area contributed by atoms with Crippen molar-refractivity contribution in [2.24, 2.45) is 17.6 Å². The van der Waals surface area contributed by atoms with Gasteiger partial charge in [0.05, 0.1) is 41.5 Å². The van der Waals surface area contributed by atoms with Gasteiger partial charge in [-0.15, -0.1) is 0 Å². The van der Waals surface area contributed by atoms with E-state index in [9.17, 15) is 14.9 Å². The van der Waals surface area contributed by atoms with Gasteiger partial charge >= 0.3 is 4.87 Å². The topological polar surface area (TPSA) is 107 Å². The third-order valence-corrected chi connectivity index (χ3v) is 7.22. The number of nitrogens with zero attached hydrogens (tertiary/aromatic N) is 2. The summed E-state index contributed by atoms with van der Waals surface area (Å²) in [5.41, 5.74) is 9.46. The van der Waals surface area contributed by atoms with Gasteiger partial charge in [-0.1, -0.05) is 41.7 Å². The molecule has 0 bridgehead atoms. The molecule has 1 aromatic heterocycles. The van der Waals surface area contributed by atoms with E-state index in [0.717, 1.165) is 26.9 Å². The number of carbonyl (C=O) groups excluding carboxylic acids is 1. The van der Waals surface area contributed by atoms with Crippen molar-refractivity contribution < 1.29 is 14.3 Å². The number of rotatable bonds is 8. The Morgan fingerprint density at radius 3 is 2.76 bits per heavy atom. The van der Waals surface area contributed by atoms with Gasteiger partial charge in [0.15, 0.2) is 0 Å². The van der Waals surface area contributed by atoms with Crippen LogP contribution in [0.2, 0.25) is 0 Å². The Morgan fingerprint density at radius 2 is 2.06 bits per heavy atom. The van der Waals surface area contributed by atoms with Crippen LogP contribution < -0.4 is 10.6 Å². The van der Waals surface area contributed by atoms with Crippen molar-refractivity contribution >= 4 is 27.5 Å². The van der Waals surface area contributed by atoms with E-state index in [4.69, 9.17) is 15.2 Å². The number of carbonyl (C=O) groups is 1. The van der Waals surface area contributed by atoms with Crippen LogP contribution in [0.15, 0.2) is 47.3 Å². The zero-order chi connectivity index (χ0) is 23.4. The molecule has 3 aromatic rings. The number of ether oxygens (including phenoxy) is 2. The van der Waals surface area contributed by atoms with Crippen molar-refractivity contribution in [2.75, 3.05) is 20.3 Å². The van der Waals surface area contributed by atoms with E-state index in [-0.39, 0.29) is 28.7 Å². The number of aromatic nitrogens is 1. The molecule has 0 spiro atoms. The minimum Gasteiger partial charge on any atom is -0.383 e. The molecule has 2 heterocycles. The van der Waals surface area contributed by atoms with Crippen LogP contribution in [0.25, 0.3) is 21.3 Å². The lowest BCUT2D eigenvalue weighted by Crippen LogP contribution is -2.37. The summed E-state index contributed by atoms with van der Waals surface area (Å²) in [5, 5.41) is 9.71. The van der Waals surface area contributed by atoms with Gasteiger partial charge in [0.1, 0.15) is 0 Å². The molecule has 1 aliphatic rings. The molecule has 172 valence electrons. The highest BCUT2D eigenvalue weighted by atomic mass is 32.1. The zero-order valence-electron chi connectivity index (χ0n) is 18.5. The lowest BCUT2D eigenvalue weighted by atomic mass is 9.85. The van der Waals surface area contributed by atoms with Crippen molar-refractivity contribution in [3.05, 3.63) is 57.7 Å². The lowest BCUT2D eigenvalue weighted by molar-refractivity contribution is -0.127. The predicted octanol–water partition coefficient (Wildman–Crippen LogP) is 3.34. The quantitative estimate of drug-likeness (QED) is 0.549. The van der Waals surface area contributed by atoms with Gasteiger partial charge < -0.3 is 15.2 Å². The number of nitrogens with two attached hydrogens (primary N) is 1. The number of thiazole rings is 1. The summed E-state index contributed by atoms with van der Waals surface area (Å²) in [6.45, 7) is 1.46. The largest absolute Gasteiger partial charge is 0.383 e. The third kappa shape index (κ3) is 5.17. The number of hydrogen-bond donors (Lipinski definition) is 1. The van der Waals surface area contributed by atoms with Crippen LogP contribution in [-0.2, 0) is 27.2 Å². The molecule has 3 unspecified atom stereocenters. The number of primary amides is 1. The van der Waals surface area contributed by atoms with Gasteiger partial charge in [-0.05, 0) is 48.1 Å². The number of hydrogen-bond acceptors (Lipinski definition) is 6. The molecule has 1 amide bonds. The van der Waals surface area contributed by atoms with Gasteiger partial charge in [0.2, 0.25) is 5.91 Å². The van der Waals surface area contributed by atoms with Crippen LogP contribution in [0.5, 0.6) is 0 Å². The molecule has 1 fully saturated rings. The van der Waals surface area contributed by atoms with Crippen LogP contribution in [0.1, 0.15) is 18.4 Å². The summed E-state index contributed by atoms with van der Waals surface area (Å²) in [6.07, 6.45) is 1.38. The van der Waals surface area contributed by atoms with E-state index >= 15 is 0 Å². The fraction of sp³-hybridized carbons (Fsp3) is 0.400. The zero-order valence-corrected chi connectivity index (χ0v) is 19.3. The molecule has 0 saturated carbocycles. The van der Waals surface area contributed by atoms with Crippen LogP contribution in [0.3, 0.4) is 0 Å². The SMILES string of the molecule is COCCn1c(=O)sc2ccc(-c3ccc(CC(C#N)C4CC(C(N)=O)CCO4)cc3)cc21. The van der Waals surface area contributed by atoms with E-state index in [2.05, 4.69) is 6.07 Å². The summed E-state index contributed by atoms with van der Waals surface area (Å²) >= 11 is 1.24. The van der Waals surface area contributed by atoms with Gasteiger partial charge in [-0.25, -0.2) is 0 Å². The smallest absolute Gasteiger partial charge is 0.308 e. The highest BCUT2D eigenvalue weighted by Crippen LogP contribution is 2.29. The second kappa shape index (κ2) is 10.3.